The van der Waals surface area contributed by atoms with Crippen molar-refractivity contribution in [1.82, 2.24) is 0 Å². The lowest BCUT2D eigenvalue weighted by atomic mass is 10.1. The smallest absolute Gasteiger partial charge is 0.163 e. The SMILES string of the molecule is COc1ccc(C(=O)CCBr)cc1C. The van der Waals surface area contributed by atoms with E-state index in [1.54, 1.807) is 13.2 Å². The number of aryl methyl sites for hydroxylation is 1. The van der Waals surface area contributed by atoms with E-state index in [4.69, 9.17) is 4.74 Å². The molecule has 1 aromatic rings. The van der Waals surface area contributed by atoms with Crippen LogP contribution in [-0.4, -0.2) is 18.2 Å². The van der Waals surface area contributed by atoms with Gasteiger partial charge in [-0.15, -0.1) is 0 Å². The van der Waals surface area contributed by atoms with Crippen LogP contribution in [0.15, 0.2) is 18.2 Å². The highest BCUT2D eigenvalue weighted by Crippen LogP contribution is 2.19. The first-order valence-corrected chi connectivity index (χ1v) is 5.55. The van der Waals surface area contributed by atoms with Gasteiger partial charge in [-0.2, -0.15) is 0 Å². The Kier molecular flexibility index (Phi) is 4.14. The van der Waals surface area contributed by atoms with Gasteiger partial charge in [0, 0.05) is 17.3 Å². The van der Waals surface area contributed by atoms with Crippen molar-refractivity contribution in [2.75, 3.05) is 12.4 Å². The molecule has 0 amide bonds. The minimum absolute atomic E-state index is 0.160. The van der Waals surface area contributed by atoms with E-state index in [1.807, 2.05) is 19.1 Å². The average molecular weight is 257 g/mol. The third-order valence-corrected chi connectivity index (χ3v) is 2.43. The van der Waals surface area contributed by atoms with Crippen LogP contribution in [0.4, 0.5) is 0 Å². The molecule has 0 radical (unpaired) electrons. The fraction of sp³-hybridized carbons (Fsp3) is 0.364. The van der Waals surface area contributed by atoms with Crippen LogP contribution in [0.2, 0.25) is 0 Å². The minimum Gasteiger partial charge on any atom is -0.496 e. The van der Waals surface area contributed by atoms with Crippen molar-refractivity contribution in [2.24, 2.45) is 0 Å². The third kappa shape index (κ3) is 2.58. The summed E-state index contributed by atoms with van der Waals surface area (Å²) in [7, 11) is 1.63. The van der Waals surface area contributed by atoms with Crippen LogP contribution in [0.25, 0.3) is 0 Å². The summed E-state index contributed by atoms with van der Waals surface area (Å²) in [5.41, 5.74) is 1.75. The molecule has 0 spiro atoms. The van der Waals surface area contributed by atoms with Gasteiger partial charge in [-0.1, -0.05) is 15.9 Å². The Hall–Kier alpha value is -0.830. The first-order chi connectivity index (χ1) is 6.69. The van der Waals surface area contributed by atoms with Gasteiger partial charge >= 0.3 is 0 Å². The van der Waals surface area contributed by atoms with Gasteiger partial charge in [0.25, 0.3) is 0 Å². The number of carbonyl (C=O) groups excluding carboxylic acids is 1. The Morgan fingerprint density at radius 1 is 1.50 bits per heavy atom. The lowest BCUT2D eigenvalue weighted by molar-refractivity contribution is 0.0990. The van der Waals surface area contributed by atoms with Crippen molar-refractivity contribution in [3.05, 3.63) is 29.3 Å². The lowest BCUT2D eigenvalue weighted by Crippen LogP contribution is -2.00. The average Bonchev–Trinajstić information content (AvgIpc) is 2.18. The van der Waals surface area contributed by atoms with E-state index in [1.165, 1.54) is 0 Å². The summed E-state index contributed by atoms with van der Waals surface area (Å²) in [6.07, 6.45) is 0.534. The second-order valence-corrected chi connectivity index (χ2v) is 3.84. The van der Waals surface area contributed by atoms with Gasteiger partial charge < -0.3 is 4.74 Å². The van der Waals surface area contributed by atoms with Crippen molar-refractivity contribution >= 4 is 21.7 Å². The summed E-state index contributed by atoms with van der Waals surface area (Å²) in [6.45, 7) is 1.93. The van der Waals surface area contributed by atoms with Crippen LogP contribution >= 0.6 is 15.9 Å². The Morgan fingerprint density at radius 2 is 2.21 bits per heavy atom. The number of halogens is 1. The highest BCUT2D eigenvalue weighted by Gasteiger charge is 2.06. The zero-order valence-corrected chi connectivity index (χ0v) is 9.93. The Labute approximate surface area is 92.4 Å². The molecule has 14 heavy (non-hydrogen) atoms. The molecule has 0 unspecified atom stereocenters. The number of rotatable bonds is 4. The van der Waals surface area contributed by atoms with Gasteiger partial charge in [0.1, 0.15) is 5.75 Å². The van der Waals surface area contributed by atoms with Crippen LogP contribution in [0, 0.1) is 6.92 Å². The molecule has 0 atom stereocenters. The van der Waals surface area contributed by atoms with Crippen molar-refractivity contribution in [1.29, 1.82) is 0 Å². The Balaban J connectivity index is 2.91. The van der Waals surface area contributed by atoms with Gasteiger partial charge in [-0.05, 0) is 30.7 Å². The summed E-state index contributed by atoms with van der Waals surface area (Å²) in [5.74, 6) is 0.980. The van der Waals surface area contributed by atoms with Crippen molar-refractivity contribution < 1.29 is 9.53 Å². The Morgan fingerprint density at radius 3 is 2.71 bits per heavy atom. The standard InChI is InChI=1S/C11H13BrO2/c1-8-7-9(10(13)5-6-12)3-4-11(8)14-2/h3-4,7H,5-6H2,1-2H3. The summed E-state index contributed by atoms with van der Waals surface area (Å²) < 4.78 is 5.12. The van der Waals surface area contributed by atoms with E-state index < -0.39 is 0 Å². The molecule has 0 aliphatic heterocycles. The largest absolute Gasteiger partial charge is 0.496 e. The predicted octanol–water partition coefficient (Wildman–Crippen LogP) is 2.97. The summed E-state index contributed by atoms with van der Waals surface area (Å²) >= 11 is 3.25. The Bertz CT molecular complexity index is 334. The first kappa shape index (κ1) is 11.2. The summed E-state index contributed by atoms with van der Waals surface area (Å²) in [6, 6.07) is 5.50. The van der Waals surface area contributed by atoms with Crippen LogP contribution in [-0.2, 0) is 0 Å². The molecule has 0 saturated heterocycles. The maximum atomic E-state index is 11.5. The fourth-order valence-corrected chi connectivity index (χ4v) is 1.64. The van der Waals surface area contributed by atoms with E-state index in [0.29, 0.717) is 11.8 Å². The second-order valence-electron chi connectivity index (χ2n) is 3.05. The van der Waals surface area contributed by atoms with E-state index in [9.17, 15) is 4.79 Å². The van der Waals surface area contributed by atoms with Gasteiger partial charge in [0.05, 0.1) is 7.11 Å². The number of hydrogen-bond donors (Lipinski definition) is 0. The van der Waals surface area contributed by atoms with Crippen LogP contribution in [0.5, 0.6) is 5.75 Å². The van der Waals surface area contributed by atoms with E-state index >= 15 is 0 Å². The molecule has 1 aromatic carbocycles. The molecule has 0 fully saturated rings. The zero-order chi connectivity index (χ0) is 10.6. The summed E-state index contributed by atoms with van der Waals surface area (Å²) in [4.78, 5) is 11.5. The van der Waals surface area contributed by atoms with Gasteiger partial charge in [-0.25, -0.2) is 0 Å². The van der Waals surface area contributed by atoms with E-state index in [0.717, 1.165) is 16.9 Å². The van der Waals surface area contributed by atoms with Crippen LogP contribution in [0.1, 0.15) is 22.3 Å². The first-order valence-electron chi connectivity index (χ1n) is 4.43. The van der Waals surface area contributed by atoms with Crippen LogP contribution in [0.3, 0.4) is 0 Å². The number of ketones is 1. The number of carbonyl (C=O) groups is 1. The number of Topliss-reactive ketones (excluding diaryl/α,β-unsaturated/α-hetero) is 1. The second kappa shape index (κ2) is 5.15. The van der Waals surface area contributed by atoms with E-state index in [2.05, 4.69) is 15.9 Å². The molecule has 0 bridgehead atoms. The van der Waals surface area contributed by atoms with E-state index in [-0.39, 0.29) is 5.78 Å². The third-order valence-electron chi connectivity index (χ3n) is 2.04. The molecule has 0 aromatic heterocycles. The molecule has 76 valence electrons. The predicted molar refractivity (Wildman–Crippen MR) is 60.5 cm³/mol. The van der Waals surface area contributed by atoms with Gasteiger partial charge in [-0.3, -0.25) is 4.79 Å². The quantitative estimate of drug-likeness (QED) is 0.612. The monoisotopic (exact) mass is 256 g/mol. The number of methoxy groups -OCH3 is 1. The zero-order valence-electron chi connectivity index (χ0n) is 8.34. The molecular formula is C11H13BrO2. The molecule has 0 aliphatic carbocycles. The number of benzene rings is 1. The van der Waals surface area contributed by atoms with Crippen molar-refractivity contribution in [3.63, 3.8) is 0 Å². The van der Waals surface area contributed by atoms with Crippen molar-refractivity contribution in [3.8, 4) is 5.75 Å². The normalized spacial score (nSPS) is 9.93. The molecule has 0 N–H and O–H groups in total. The molecule has 3 heteroatoms. The number of hydrogen-bond acceptors (Lipinski definition) is 2. The number of ether oxygens (including phenoxy) is 1. The number of alkyl halides is 1. The maximum Gasteiger partial charge on any atom is 0.163 e. The summed E-state index contributed by atoms with van der Waals surface area (Å²) in [5, 5.41) is 0.705. The lowest BCUT2D eigenvalue weighted by Gasteiger charge is -2.05. The molecular weight excluding hydrogens is 244 g/mol. The van der Waals surface area contributed by atoms with Gasteiger partial charge in [0.2, 0.25) is 0 Å². The molecule has 0 heterocycles. The van der Waals surface area contributed by atoms with Gasteiger partial charge in [0.15, 0.2) is 5.78 Å². The highest BCUT2D eigenvalue weighted by molar-refractivity contribution is 9.09. The molecule has 2 nitrogen and oxygen atoms in total. The topological polar surface area (TPSA) is 26.3 Å². The molecule has 0 saturated carbocycles. The van der Waals surface area contributed by atoms with Crippen molar-refractivity contribution in [2.45, 2.75) is 13.3 Å². The maximum absolute atomic E-state index is 11.5. The molecule has 0 aliphatic rings. The highest BCUT2D eigenvalue weighted by atomic mass is 79.9. The van der Waals surface area contributed by atoms with Crippen LogP contribution < -0.4 is 4.74 Å². The minimum atomic E-state index is 0.160. The molecule has 1 rings (SSSR count). The fourth-order valence-electron chi connectivity index (χ4n) is 1.28.